The third-order valence-electron chi connectivity index (χ3n) is 7.62. The molecule has 0 radical (unpaired) electrons. The van der Waals surface area contributed by atoms with E-state index >= 15 is 0 Å². The van der Waals surface area contributed by atoms with E-state index in [9.17, 15) is 33.9 Å². The number of phenols is 1. The maximum Gasteiger partial charge on any atom is 0.355 e. The van der Waals surface area contributed by atoms with Crippen LogP contribution >= 0.6 is 12.4 Å². The molecule has 1 aromatic rings. The van der Waals surface area contributed by atoms with Crippen LogP contribution in [-0.4, -0.2) is 89.5 Å². The van der Waals surface area contributed by atoms with Crippen molar-refractivity contribution in [3.63, 3.8) is 0 Å². The van der Waals surface area contributed by atoms with Gasteiger partial charge >= 0.3 is 5.97 Å². The number of aromatic hydroxyl groups is 1. The summed E-state index contributed by atoms with van der Waals surface area (Å²) >= 11 is 0. The first-order valence-electron chi connectivity index (χ1n) is 16.1. The van der Waals surface area contributed by atoms with E-state index < -0.39 is 59.7 Å². The first kappa shape index (κ1) is 42.2. The average molecular weight is 699 g/mol. The quantitative estimate of drug-likeness (QED) is 0.0542. The number of imide groups is 1. The highest BCUT2D eigenvalue weighted by atomic mass is 35.5. The Morgan fingerprint density at radius 3 is 1.58 bits per heavy atom. The zero-order chi connectivity index (χ0) is 34.8. The van der Waals surface area contributed by atoms with E-state index in [0.717, 1.165) is 0 Å². The Balaban J connectivity index is 0.0000115. The average Bonchev–Trinajstić information content (AvgIpc) is 3.36. The van der Waals surface area contributed by atoms with Crippen molar-refractivity contribution >= 4 is 47.9 Å². The molecule has 17 heteroatoms. The maximum absolute atomic E-state index is 13.6. The summed E-state index contributed by atoms with van der Waals surface area (Å²) in [6.45, 7) is 1.07. The monoisotopic (exact) mass is 698 g/mol. The largest absolute Gasteiger partial charge is 0.508 e. The minimum absolute atomic E-state index is 0. The number of carbonyl (C=O) groups excluding carboxylic acids is 6. The van der Waals surface area contributed by atoms with Crippen LogP contribution in [0.3, 0.4) is 0 Å². The van der Waals surface area contributed by atoms with Gasteiger partial charge in [0.15, 0.2) is 0 Å². The lowest BCUT2D eigenvalue weighted by atomic mass is 10.0. The lowest BCUT2D eigenvalue weighted by molar-refractivity contribution is -0.199. The van der Waals surface area contributed by atoms with E-state index in [1.807, 2.05) is 0 Å². The zero-order valence-corrected chi connectivity index (χ0v) is 28.0. The minimum atomic E-state index is -1.23. The van der Waals surface area contributed by atoms with Gasteiger partial charge in [0.1, 0.15) is 23.9 Å². The Morgan fingerprint density at radius 2 is 1.12 bits per heavy atom. The maximum atomic E-state index is 13.6. The van der Waals surface area contributed by atoms with E-state index in [-0.39, 0.29) is 56.7 Å². The highest BCUT2D eigenvalue weighted by Crippen LogP contribution is 2.15. The Bertz CT molecular complexity index is 1190. The topological polar surface area (TPSA) is 275 Å². The molecule has 5 amide bonds. The van der Waals surface area contributed by atoms with Crippen molar-refractivity contribution in [2.45, 2.75) is 101 Å². The highest BCUT2D eigenvalue weighted by molar-refractivity contribution is 6.02. The molecule has 1 fully saturated rings. The van der Waals surface area contributed by atoms with Gasteiger partial charge in [-0.25, -0.2) is 4.79 Å². The van der Waals surface area contributed by atoms with Gasteiger partial charge in [-0.15, -0.1) is 17.5 Å². The van der Waals surface area contributed by atoms with Gasteiger partial charge in [0, 0.05) is 12.8 Å². The van der Waals surface area contributed by atoms with Crippen LogP contribution in [0.4, 0.5) is 0 Å². The molecule has 0 aliphatic carbocycles. The molecule has 1 saturated heterocycles. The Kier molecular flexibility index (Phi) is 19.9. The van der Waals surface area contributed by atoms with Gasteiger partial charge in [0.25, 0.3) is 11.8 Å². The molecule has 1 heterocycles. The van der Waals surface area contributed by atoms with Crippen molar-refractivity contribution in [3.05, 3.63) is 29.8 Å². The smallest absolute Gasteiger partial charge is 0.355 e. The second-order valence-corrected chi connectivity index (χ2v) is 11.5. The van der Waals surface area contributed by atoms with Gasteiger partial charge in [-0.2, -0.15) is 0 Å². The van der Waals surface area contributed by atoms with Crippen LogP contribution < -0.4 is 38.9 Å². The summed E-state index contributed by atoms with van der Waals surface area (Å²) in [5.74, 6) is -4.15. The molecular formula is C31H51ClN8O8. The van der Waals surface area contributed by atoms with E-state index in [0.29, 0.717) is 68.8 Å². The fourth-order valence-electron chi connectivity index (χ4n) is 4.88. The third kappa shape index (κ3) is 14.5. The van der Waals surface area contributed by atoms with Gasteiger partial charge in [0.2, 0.25) is 17.7 Å². The van der Waals surface area contributed by atoms with Crippen LogP contribution in [0.25, 0.3) is 0 Å². The third-order valence-corrected chi connectivity index (χ3v) is 7.62. The number of hydroxylamine groups is 2. The summed E-state index contributed by atoms with van der Waals surface area (Å²) < 4.78 is 0. The second-order valence-electron chi connectivity index (χ2n) is 11.5. The number of nitrogens with one attached hydrogen (secondary N) is 3. The van der Waals surface area contributed by atoms with Crippen LogP contribution in [0.2, 0.25) is 0 Å². The van der Waals surface area contributed by atoms with Crippen molar-refractivity contribution in [3.8, 4) is 5.75 Å². The molecule has 4 unspecified atom stereocenters. The SMILES string of the molecule is Cl.NCCCCC(NC(=O)C(N)Cc1ccc(O)cc1)C(=O)NC(CCCCN)C(=O)NC(CCCCN)C(=O)ON1C(=O)CCC1=O. The van der Waals surface area contributed by atoms with Gasteiger partial charge < -0.3 is 48.8 Å². The second kappa shape index (κ2) is 22.7. The number of rotatable bonds is 22. The van der Waals surface area contributed by atoms with Crippen molar-refractivity contribution in [2.24, 2.45) is 22.9 Å². The zero-order valence-electron chi connectivity index (χ0n) is 27.2. The fourth-order valence-corrected chi connectivity index (χ4v) is 4.88. The normalized spacial score (nSPS) is 15.1. The molecule has 1 aliphatic rings. The molecule has 4 atom stereocenters. The fraction of sp³-hybridized carbons (Fsp3) is 0.613. The van der Waals surface area contributed by atoms with Gasteiger partial charge in [0.05, 0.1) is 6.04 Å². The Hall–Kier alpha value is -3.83. The minimum Gasteiger partial charge on any atom is -0.508 e. The summed E-state index contributed by atoms with van der Waals surface area (Å²) in [4.78, 5) is 82.2. The molecule has 0 aromatic heterocycles. The number of hydrogen-bond donors (Lipinski definition) is 8. The number of benzene rings is 1. The molecule has 0 bridgehead atoms. The van der Waals surface area contributed by atoms with E-state index in [4.69, 9.17) is 27.8 Å². The highest BCUT2D eigenvalue weighted by Gasteiger charge is 2.36. The summed E-state index contributed by atoms with van der Waals surface area (Å²) in [5.41, 5.74) is 23.7. The Morgan fingerprint density at radius 1 is 0.708 bits per heavy atom. The number of unbranched alkanes of at least 4 members (excludes halogenated alkanes) is 3. The molecule has 2 rings (SSSR count). The van der Waals surface area contributed by atoms with Crippen LogP contribution in [0.1, 0.15) is 76.2 Å². The van der Waals surface area contributed by atoms with Crippen molar-refractivity contribution < 1.29 is 38.7 Å². The number of phenolic OH excluding ortho intramolecular Hbond substituents is 1. The summed E-state index contributed by atoms with van der Waals surface area (Å²) in [6.07, 6.45) is 3.59. The van der Waals surface area contributed by atoms with Crippen LogP contribution in [-0.2, 0) is 40.0 Å². The lowest BCUT2D eigenvalue weighted by Crippen LogP contribution is -2.57. The van der Waals surface area contributed by atoms with Gasteiger partial charge in [-0.05, 0) is 102 Å². The summed E-state index contributed by atoms with van der Waals surface area (Å²) in [7, 11) is 0. The number of hydrogen-bond acceptors (Lipinski definition) is 12. The van der Waals surface area contributed by atoms with E-state index in [1.165, 1.54) is 12.1 Å². The van der Waals surface area contributed by atoms with Crippen molar-refractivity contribution in [1.29, 1.82) is 0 Å². The van der Waals surface area contributed by atoms with Crippen LogP contribution in [0, 0.1) is 0 Å². The summed E-state index contributed by atoms with van der Waals surface area (Å²) in [5, 5.41) is 17.9. The molecular weight excluding hydrogens is 648 g/mol. The summed E-state index contributed by atoms with van der Waals surface area (Å²) in [6, 6.07) is 1.84. The standard InChI is InChI=1S/C31H50N8O8.ClH/c32-16-4-1-7-23(36-28(43)22(35)19-20-10-12-21(40)13-11-20)29(44)37-24(8-2-5-17-33)30(45)38-25(9-3-6-18-34)31(46)47-39-26(41)14-15-27(39)42;/h10-13,22-25,40H,1-9,14-19,32-35H2,(H,36,43)(H,37,44)(H,38,45);1H. The molecule has 0 spiro atoms. The first-order valence-corrected chi connectivity index (χ1v) is 16.1. The van der Waals surface area contributed by atoms with Crippen LogP contribution in [0.5, 0.6) is 5.75 Å². The van der Waals surface area contributed by atoms with Gasteiger partial charge in [-0.3, -0.25) is 24.0 Å². The predicted octanol–water partition coefficient (Wildman–Crippen LogP) is -0.868. The number of nitrogens with zero attached hydrogens (tertiary/aromatic N) is 1. The van der Waals surface area contributed by atoms with E-state index in [2.05, 4.69) is 16.0 Å². The Labute approximate surface area is 286 Å². The van der Waals surface area contributed by atoms with Gasteiger partial charge in [-0.1, -0.05) is 12.1 Å². The van der Waals surface area contributed by atoms with Crippen LogP contribution in [0.15, 0.2) is 24.3 Å². The molecule has 270 valence electrons. The van der Waals surface area contributed by atoms with Crippen molar-refractivity contribution in [1.82, 2.24) is 21.0 Å². The number of nitrogens with two attached hydrogens (primary N) is 4. The predicted molar refractivity (Wildman–Crippen MR) is 179 cm³/mol. The van der Waals surface area contributed by atoms with E-state index in [1.54, 1.807) is 12.1 Å². The molecule has 12 N–H and O–H groups in total. The molecule has 0 saturated carbocycles. The molecule has 1 aliphatic heterocycles. The number of amides is 5. The molecule has 48 heavy (non-hydrogen) atoms. The number of carbonyl (C=O) groups is 6. The van der Waals surface area contributed by atoms with Crippen molar-refractivity contribution in [2.75, 3.05) is 19.6 Å². The lowest BCUT2D eigenvalue weighted by Gasteiger charge is -2.26. The first-order chi connectivity index (χ1) is 22.5. The molecule has 16 nitrogen and oxygen atoms in total. The molecule has 1 aromatic carbocycles. The number of halogens is 1.